The molecule has 100 valence electrons. The van der Waals surface area contributed by atoms with Crippen LogP contribution in [0.5, 0.6) is 0 Å². The van der Waals surface area contributed by atoms with Gasteiger partial charge in [0.2, 0.25) is 5.91 Å². The lowest BCUT2D eigenvalue weighted by Gasteiger charge is -2.24. The Morgan fingerprint density at radius 2 is 2.16 bits per heavy atom. The van der Waals surface area contributed by atoms with Crippen LogP contribution in [0, 0.1) is 0 Å². The zero-order valence-corrected chi connectivity index (χ0v) is 11.5. The first-order chi connectivity index (χ1) is 9.31. The summed E-state index contributed by atoms with van der Waals surface area (Å²) in [4.78, 5) is 15.7. The van der Waals surface area contributed by atoms with E-state index in [1.165, 1.54) is 5.56 Å². The lowest BCUT2D eigenvalue weighted by Crippen LogP contribution is -2.46. The monoisotopic (exact) mass is 275 g/mol. The molecular formula is C14H17N3OS. The summed E-state index contributed by atoms with van der Waals surface area (Å²) in [6.07, 6.45) is 1.50. The second kappa shape index (κ2) is 5.65. The smallest absolute Gasteiger partial charge is 0.220 e. The van der Waals surface area contributed by atoms with Crippen molar-refractivity contribution < 1.29 is 4.79 Å². The van der Waals surface area contributed by atoms with Crippen molar-refractivity contribution in [2.75, 3.05) is 13.1 Å². The molecule has 4 nitrogen and oxygen atoms in total. The highest BCUT2D eigenvalue weighted by molar-refractivity contribution is 8.14. The van der Waals surface area contributed by atoms with E-state index in [4.69, 9.17) is 0 Å². The van der Waals surface area contributed by atoms with Crippen molar-refractivity contribution in [2.24, 2.45) is 4.99 Å². The van der Waals surface area contributed by atoms with Crippen LogP contribution in [0.1, 0.15) is 23.7 Å². The molecule has 2 aliphatic heterocycles. The molecule has 1 saturated heterocycles. The van der Waals surface area contributed by atoms with Crippen LogP contribution in [0.2, 0.25) is 0 Å². The molecule has 0 radical (unpaired) electrons. The largest absolute Gasteiger partial charge is 0.360 e. The van der Waals surface area contributed by atoms with Crippen molar-refractivity contribution in [1.29, 1.82) is 0 Å². The zero-order valence-electron chi connectivity index (χ0n) is 10.6. The predicted octanol–water partition coefficient (Wildman–Crippen LogP) is 1.70. The summed E-state index contributed by atoms with van der Waals surface area (Å²) in [6.45, 7) is 1.53. The van der Waals surface area contributed by atoms with Crippen LogP contribution in [0.25, 0.3) is 0 Å². The number of carbonyl (C=O) groups excluding carboxylic acids is 1. The Morgan fingerprint density at radius 3 is 2.89 bits per heavy atom. The lowest BCUT2D eigenvalue weighted by atomic mass is 10.1. The molecule has 19 heavy (non-hydrogen) atoms. The second-order valence-corrected chi connectivity index (χ2v) is 6.04. The van der Waals surface area contributed by atoms with Gasteiger partial charge in [0.1, 0.15) is 0 Å². The molecule has 1 amide bonds. The van der Waals surface area contributed by atoms with Crippen LogP contribution < -0.4 is 10.6 Å². The molecule has 0 aliphatic carbocycles. The van der Waals surface area contributed by atoms with Gasteiger partial charge in [-0.3, -0.25) is 9.79 Å². The summed E-state index contributed by atoms with van der Waals surface area (Å²) < 4.78 is 0. The molecule has 5 heteroatoms. The lowest BCUT2D eigenvalue weighted by molar-refractivity contribution is -0.122. The topological polar surface area (TPSA) is 53.5 Å². The Bertz CT molecular complexity index is 479. The molecule has 0 aromatic heterocycles. The van der Waals surface area contributed by atoms with E-state index in [1.54, 1.807) is 11.8 Å². The summed E-state index contributed by atoms with van der Waals surface area (Å²) in [6, 6.07) is 10.8. The van der Waals surface area contributed by atoms with Gasteiger partial charge in [0.05, 0.1) is 11.8 Å². The van der Waals surface area contributed by atoms with Gasteiger partial charge in [-0.1, -0.05) is 42.1 Å². The third-order valence-electron chi connectivity index (χ3n) is 3.42. The molecular weight excluding hydrogens is 258 g/mol. The second-order valence-electron chi connectivity index (χ2n) is 4.85. The van der Waals surface area contributed by atoms with Crippen LogP contribution in [-0.4, -0.2) is 30.2 Å². The number of piperidine rings is 1. The average Bonchev–Trinajstić information content (AvgIpc) is 2.91. The highest BCUT2D eigenvalue weighted by Gasteiger charge is 2.24. The number of thioether (sulfide) groups is 1. The number of carbonyl (C=O) groups is 1. The number of nitrogens with zero attached hydrogens (tertiary/aromatic N) is 1. The molecule has 2 aliphatic rings. The molecule has 2 heterocycles. The Kier molecular flexibility index (Phi) is 3.73. The van der Waals surface area contributed by atoms with Gasteiger partial charge < -0.3 is 10.6 Å². The Morgan fingerprint density at radius 1 is 1.32 bits per heavy atom. The molecule has 2 unspecified atom stereocenters. The summed E-state index contributed by atoms with van der Waals surface area (Å²) in [7, 11) is 0. The van der Waals surface area contributed by atoms with Gasteiger partial charge in [0.15, 0.2) is 5.17 Å². The van der Waals surface area contributed by atoms with E-state index >= 15 is 0 Å². The number of aliphatic imine (C=N–C) groups is 1. The maximum Gasteiger partial charge on any atom is 0.220 e. The molecule has 1 aromatic rings. The Hall–Kier alpha value is -1.49. The normalized spacial score (nSPS) is 26.7. The maximum atomic E-state index is 11.1. The van der Waals surface area contributed by atoms with Crippen molar-refractivity contribution in [3.63, 3.8) is 0 Å². The SMILES string of the molecule is O=C1CCC(NC2=NCC(c3ccccc3)S2)CN1. The number of hydrogen-bond acceptors (Lipinski definition) is 4. The maximum absolute atomic E-state index is 11.1. The van der Waals surface area contributed by atoms with E-state index in [0.717, 1.165) is 18.1 Å². The molecule has 2 atom stereocenters. The van der Waals surface area contributed by atoms with Gasteiger partial charge in [-0.05, 0) is 12.0 Å². The van der Waals surface area contributed by atoms with Crippen LogP contribution in [0.15, 0.2) is 35.3 Å². The first-order valence-electron chi connectivity index (χ1n) is 6.60. The summed E-state index contributed by atoms with van der Waals surface area (Å²) in [5, 5.41) is 7.75. The zero-order chi connectivity index (χ0) is 13.1. The third-order valence-corrected chi connectivity index (χ3v) is 4.60. The van der Waals surface area contributed by atoms with E-state index in [9.17, 15) is 4.79 Å². The van der Waals surface area contributed by atoms with Gasteiger partial charge in [0, 0.05) is 19.0 Å². The van der Waals surface area contributed by atoms with Gasteiger partial charge in [-0.2, -0.15) is 0 Å². The van der Waals surface area contributed by atoms with Crippen molar-refractivity contribution in [3.05, 3.63) is 35.9 Å². The van der Waals surface area contributed by atoms with E-state index in [2.05, 4.69) is 39.9 Å². The van der Waals surface area contributed by atoms with Crippen molar-refractivity contribution in [1.82, 2.24) is 10.6 Å². The Labute approximate surface area is 117 Å². The fourth-order valence-corrected chi connectivity index (χ4v) is 3.42. The van der Waals surface area contributed by atoms with Crippen LogP contribution in [-0.2, 0) is 4.79 Å². The van der Waals surface area contributed by atoms with E-state index in [1.807, 2.05) is 6.07 Å². The minimum Gasteiger partial charge on any atom is -0.360 e. The molecule has 0 saturated carbocycles. The minimum atomic E-state index is 0.154. The van der Waals surface area contributed by atoms with E-state index in [0.29, 0.717) is 24.3 Å². The fourth-order valence-electron chi connectivity index (χ4n) is 2.33. The number of nitrogens with one attached hydrogen (secondary N) is 2. The number of amidine groups is 1. The highest BCUT2D eigenvalue weighted by atomic mass is 32.2. The van der Waals surface area contributed by atoms with E-state index in [-0.39, 0.29) is 5.91 Å². The van der Waals surface area contributed by atoms with Gasteiger partial charge in [0.25, 0.3) is 0 Å². The first-order valence-corrected chi connectivity index (χ1v) is 7.48. The number of rotatable bonds is 2. The van der Waals surface area contributed by atoms with Gasteiger partial charge in [-0.25, -0.2) is 0 Å². The average molecular weight is 275 g/mol. The molecule has 0 spiro atoms. The minimum absolute atomic E-state index is 0.154. The molecule has 3 rings (SSSR count). The first kappa shape index (κ1) is 12.5. The van der Waals surface area contributed by atoms with Crippen molar-refractivity contribution in [2.45, 2.75) is 24.1 Å². The van der Waals surface area contributed by atoms with Gasteiger partial charge >= 0.3 is 0 Å². The summed E-state index contributed by atoms with van der Waals surface area (Å²) >= 11 is 1.78. The van der Waals surface area contributed by atoms with Crippen LogP contribution >= 0.6 is 11.8 Å². The highest BCUT2D eigenvalue weighted by Crippen LogP contribution is 2.34. The van der Waals surface area contributed by atoms with Crippen molar-refractivity contribution in [3.8, 4) is 0 Å². The van der Waals surface area contributed by atoms with Crippen LogP contribution in [0.3, 0.4) is 0 Å². The fraction of sp³-hybridized carbons (Fsp3) is 0.429. The van der Waals surface area contributed by atoms with Crippen molar-refractivity contribution >= 4 is 22.8 Å². The van der Waals surface area contributed by atoms with Crippen LogP contribution in [0.4, 0.5) is 0 Å². The molecule has 1 fully saturated rings. The number of hydrogen-bond donors (Lipinski definition) is 2. The summed E-state index contributed by atoms with van der Waals surface area (Å²) in [5.74, 6) is 0.154. The predicted molar refractivity (Wildman–Crippen MR) is 78.2 cm³/mol. The number of amides is 1. The standard InChI is InChI=1S/C14H17N3OS/c18-13-7-6-11(8-15-13)17-14-16-9-12(19-14)10-4-2-1-3-5-10/h1-5,11-12H,6-9H2,(H,15,18)(H,16,17). The quantitative estimate of drug-likeness (QED) is 0.864. The molecule has 0 bridgehead atoms. The summed E-state index contributed by atoms with van der Waals surface area (Å²) in [5.41, 5.74) is 1.32. The Balaban J connectivity index is 1.53. The van der Waals surface area contributed by atoms with Gasteiger partial charge in [-0.15, -0.1) is 0 Å². The third kappa shape index (κ3) is 3.10. The van der Waals surface area contributed by atoms with E-state index < -0.39 is 0 Å². The number of benzene rings is 1. The molecule has 1 aromatic carbocycles. The molecule has 2 N–H and O–H groups in total.